The molecule has 0 fully saturated rings. The molecule has 0 aliphatic carbocycles. The van der Waals surface area contributed by atoms with Gasteiger partial charge in [0, 0.05) is 18.9 Å². The summed E-state index contributed by atoms with van der Waals surface area (Å²) in [5.74, 6) is -1.87. The second-order valence-electron chi connectivity index (χ2n) is 8.04. The van der Waals surface area contributed by atoms with Gasteiger partial charge in [-0.25, -0.2) is 0 Å². The monoisotopic (exact) mass is 377 g/mol. The average molecular weight is 377 g/mol. The highest BCUT2D eigenvalue weighted by atomic mass is 16.6. The number of nitrogens with one attached hydrogen (secondary N) is 1. The molecular formula is C21H31NO5. The average Bonchev–Trinajstić information content (AvgIpc) is 2.55. The van der Waals surface area contributed by atoms with E-state index in [1.165, 1.54) is 6.92 Å². The number of hydrogen-bond donors (Lipinski definition) is 1. The molecule has 1 aromatic rings. The number of rotatable bonds is 8. The van der Waals surface area contributed by atoms with Crippen molar-refractivity contribution in [3.05, 3.63) is 35.9 Å². The number of amides is 1. The summed E-state index contributed by atoms with van der Waals surface area (Å²) in [5, 5.41) is 2.85. The van der Waals surface area contributed by atoms with E-state index in [1.54, 1.807) is 13.8 Å². The van der Waals surface area contributed by atoms with Crippen molar-refractivity contribution in [3.63, 3.8) is 0 Å². The van der Waals surface area contributed by atoms with Crippen LogP contribution in [0.2, 0.25) is 0 Å². The molecule has 1 unspecified atom stereocenters. The highest BCUT2D eigenvalue weighted by molar-refractivity contribution is 5.88. The molecule has 6 heteroatoms. The van der Waals surface area contributed by atoms with Gasteiger partial charge < -0.3 is 14.8 Å². The molecule has 0 aromatic heterocycles. The molecule has 1 aromatic carbocycles. The van der Waals surface area contributed by atoms with Crippen LogP contribution in [0.4, 0.5) is 0 Å². The van der Waals surface area contributed by atoms with Crippen LogP contribution in [-0.4, -0.2) is 35.6 Å². The van der Waals surface area contributed by atoms with E-state index < -0.39 is 29.0 Å². The van der Waals surface area contributed by atoms with Crippen molar-refractivity contribution < 1.29 is 23.9 Å². The predicted octanol–water partition coefficient (Wildman–Crippen LogP) is 3.04. The van der Waals surface area contributed by atoms with Crippen molar-refractivity contribution >= 4 is 17.8 Å². The van der Waals surface area contributed by atoms with Gasteiger partial charge in [0.25, 0.3) is 5.91 Å². The minimum absolute atomic E-state index is 0.198. The van der Waals surface area contributed by atoms with E-state index in [2.05, 4.69) is 5.32 Å². The number of carbonyl (C=O) groups excluding carboxylic acids is 3. The van der Waals surface area contributed by atoms with Gasteiger partial charge in [0.1, 0.15) is 6.61 Å². The Labute approximate surface area is 161 Å². The zero-order chi connectivity index (χ0) is 20.7. The first-order valence-corrected chi connectivity index (χ1v) is 9.18. The summed E-state index contributed by atoms with van der Waals surface area (Å²) in [5.41, 5.74) is -1.12. The molecule has 0 spiro atoms. The predicted molar refractivity (Wildman–Crippen MR) is 103 cm³/mol. The first-order chi connectivity index (χ1) is 12.4. The van der Waals surface area contributed by atoms with Crippen LogP contribution in [-0.2, 0) is 30.3 Å². The maximum absolute atomic E-state index is 13.0. The fourth-order valence-corrected chi connectivity index (χ4v) is 2.45. The second-order valence-corrected chi connectivity index (χ2v) is 8.04. The van der Waals surface area contributed by atoms with Crippen LogP contribution < -0.4 is 5.32 Å². The first kappa shape index (κ1) is 22.7. The number of esters is 2. The normalized spacial score (nSPS) is 13.6. The van der Waals surface area contributed by atoms with Crippen LogP contribution >= 0.6 is 0 Å². The molecule has 0 heterocycles. The van der Waals surface area contributed by atoms with Crippen molar-refractivity contribution in [2.45, 2.75) is 65.5 Å². The third-order valence-electron chi connectivity index (χ3n) is 3.82. The van der Waals surface area contributed by atoms with Crippen molar-refractivity contribution in [1.29, 1.82) is 0 Å². The molecule has 0 saturated carbocycles. The Balaban J connectivity index is 3.14. The van der Waals surface area contributed by atoms with E-state index in [1.807, 2.05) is 51.1 Å². The Bertz CT molecular complexity index is 648. The smallest absolute Gasteiger partial charge is 0.308 e. The third-order valence-corrected chi connectivity index (χ3v) is 3.82. The van der Waals surface area contributed by atoms with Gasteiger partial charge in [-0.2, -0.15) is 0 Å². The second kappa shape index (κ2) is 9.53. The maximum Gasteiger partial charge on any atom is 0.308 e. The minimum atomic E-state index is -1.58. The van der Waals surface area contributed by atoms with Gasteiger partial charge in [-0.15, -0.1) is 0 Å². The molecule has 0 aliphatic heterocycles. The number of aryl methyl sites for hydroxylation is 1. The molecule has 150 valence electrons. The van der Waals surface area contributed by atoms with Gasteiger partial charge in [0.15, 0.2) is 0 Å². The number of carbonyl (C=O) groups is 3. The summed E-state index contributed by atoms with van der Waals surface area (Å²) < 4.78 is 10.8. The lowest BCUT2D eigenvalue weighted by Gasteiger charge is -2.34. The first-order valence-electron chi connectivity index (χ1n) is 9.18. The van der Waals surface area contributed by atoms with Gasteiger partial charge in [0.05, 0.1) is 5.92 Å². The number of benzene rings is 1. The lowest BCUT2D eigenvalue weighted by Crippen LogP contribution is -2.57. The Kier molecular flexibility index (Phi) is 8.00. The molecular weight excluding hydrogens is 346 g/mol. The summed E-state index contributed by atoms with van der Waals surface area (Å²) in [6, 6.07) is 9.56. The lowest BCUT2D eigenvalue weighted by atomic mass is 9.92. The largest absolute Gasteiger partial charge is 0.461 e. The molecule has 0 aliphatic rings. The molecule has 1 rings (SSSR count). The highest BCUT2D eigenvalue weighted by Gasteiger charge is 2.44. The molecule has 0 saturated heterocycles. The Morgan fingerprint density at radius 3 is 2.15 bits per heavy atom. The third kappa shape index (κ3) is 7.81. The van der Waals surface area contributed by atoms with Crippen LogP contribution in [0, 0.1) is 5.92 Å². The molecule has 1 N–H and O–H groups in total. The molecule has 1 amide bonds. The fraction of sp³-hybridized carbons (Fsp3) is 0.571. The van der Waals surface area contributed by atoms with Crippen LogP contribution in [0.5, 0.6) is 0 Å². The van der Waals surface area contributed by atoms with E-state index in [0.29, 0.717) is 6.42 Å². The standard InChI is InChI=1S/C21H31NO5/c1-15(2)18(24)26-14-21(27-16(3)23,19(25)22-20(4,5)6)13-12-17-10-8-7-9-11-17/h7-11,15H,12-14H2,1-6H3,(H,22,25). The van der Waals surface area contributed by atoms with Crippen LogP contribution in [0.1, 0.15) is 53.5 Å². The SMILES string of the molecule is CC(=O)OC(CCc1ccccc1)(COC(=O)C(C)C)C(=O)NC(C)(C)C. The topological polar surface area (TPSA) is 81.7 Å². The van der Waals surface area contributed by atoms with Crippen LogP contribution in [0.25, 0.3) is 0 Å². The van der Waals surface area contributed by atoms with Crippen molar-refractivity contribution in [3.8, 4) is 0 Å². The number of hydrogen-bond acceptors (Lipinski definition) is 5. The van der Waals surface area contributed by atoms with Crippen molar-refractivity contribution in [2.75, 3.05) is 6.61 Å². The van der Waals surface area contributed by atoms with E-state index in [9.17, 15) is 14.4 Å². The molecule has 27 heavy (non-hydrogen) atoms. The Morgan fingerprint density at radius 1 is 1.07 bits per heavy atom. The Morgan fingerprint density at radius 2 is 1.67 bits per heavy atom. The quantitative estimate of drug-likeness (QED) is 0.704. The maximum atomic E-state index is 13.0. The van der Waals surface area contributed by atoms with Crippen molar-refractivity contribution in [1.82, 2.24) is 5.32 Å². The lowest BCUT2D eigenvalue weighted by molar-refractivity contribution is -0.180. The molecule has 0 bridgehead atoms. The van der Waals surface area contributed by atoms with E-state index in [0.717, 1.165) is 5.56 Å². The fourth-order valence-electron chi connectivity index (χ4n) is 2.45. The minimum Gasteiger partial charge on any atom is -0.461 e. The summed E-state index contributed by atoms with van der Waals surface area (Å²) in [6.07, 6.45) is 0.689. The summed E-state index contributed by atoms with van der Waals surface area (Å²) in [6.45, 7) is 9.83. The van der Waals surface area contributed by atoms with Gasteiger partial charge >= 0.3 is 11.9 Å². The van der Waals surface area contributed by atoms with Gasteiger partial charge in [-0.3, -0.25) is 14.4 Å². The van der Waals surface area contributed by atoms with E-state index in [4.69, 9.17) is 9.47 Å². The van der Waals surface area contributed by atoms with Gasteiger partial charge in [-0.05, 0) is 32.8 Å². The summed E-state index contributed by atoms with van der Waals surface area (Å²) in [4.78, 5) is 36.8. The van der Waals surface area contributed by atoms with E-state index in [-0.39, 0.29) is 18.9 Å². The van der Waals surface area contributed by atoms with E-state index >= 15 is 0 Å². The molecule has 0 radical (unpaired) electrons. The van der Waals surface area contributed by atoms with Gasteiger partial charge in [-0.1, -0.05) is 44.2 Å². The number of ether oxygens (including phenoxy) is 2. The van der Waals surface area contributed by atoms with Gasteiger partial charge in [0.2, 0.25) is 5.60 Å². The zero-order valence-corrected chi connectivity index (χ0v) is 17.1. The zero-order valence-electron chi connectivity index (χ0n) is 17.1. The molecule has 1 atom stereocenters. The molecule has 6 nitrogen and oxygen atoms in total. The summed E-state index contributed by atoms with van der Waals surface area (Å²) >= 11 is 0. The van der Waals surface area contributed by atoms with Crippen LogP contribution in [0.3, 0.4) is 0 Å². The van der Waals surface area contributed by atoms with Crippen LogP contribution in [0.15, 0.2) is 30.3 Å². The summed E-state index contributed by atoms with van der Waals surface area (Å²) in [7, 11) is 0. The van der Waals surface area contributed by atoms with Crippen molar-refractivity contribution in [2.24, 2.45) is 5.92 Å². The highest BCUT2D eigenvalue weighted by Crippen LogP contribution is 2.23. The Hall–Kier alpha value is -2.37.